The van der Waals surface area contributed by atoms with Crippen molar-refractivity contribution in [3.8, 4) is 12.3 Å². The first-order chi connectivity index (χ1) is 54.4. The summed E-state index contributed by atoms with van der Waals surface area (Å²) in [6.07, 6.45) is 45.7. The number of rotatable bonds is 20. The quantitative estimate of drug-likeness (QED) is 0.0209. The SMILES string of the molecule is C#CC(=O)OCC.C1=CCCC=C1.CCOC(=O)C1=CC2C=CC1CC2.CCOC(=O)C1=CC2CCC1CC2.CCOC(=O)C1C2CCC(CC2)C1N.CCOC(=O)C1C2CCC(CC2)C1N.CCOC(=O)C1C2CCC(CC2)C1N(Cc1ccccc1)[C@@H](C)c1ccccc1.C[C@H]([N-]Cc1ccccc1)c1ccccc1.[Li+]. The third-order valence-corrected chi connectivity index (χ3v) is 24.6. The van der Waals surface area contributed by atoms with Gasteiger partial charge in [-0.15, -0.1) is 19.0 Å². The van der Waals surface area contributed by atoms with Crippen LogP contribution in [0.15, 0.2) is 181 Å². The first-order valence-corrected chi connectivity index (χ1v) is 42.5. The van der Waals surface area contributed by atoms with Crippen molar-refractivity contribution < 1.29 is 76.0 Å². The number of carbonyl (C=O) groups excluding carboxylic acids is 6. The first-order valence-electron chi connectivity index (χ1n) is 42.5. The number of ether oxygens (including phenoxy) is 6. The smallest absolute Gasteiger partial charge is 0.652 e. The molecular weight excluding hydrogens is 1410 g/mol. The van der Waals surface area contributed by atoms with Crippen LogP contribution in [0.2, 0.25) is 0 Å². The molecule has 0 aliphatic heterocycles. The molecule has 10 saturated carbocycles. The summed E-state index contributed by atoms with van der Waals surface area (Å²) in [6.45, 7) is 19.8. The summed E-state index contributed by atoms with van der Waals surface area (Å²) in [4.78, 5) is 72.0. The largest absolute Gasteiger partial charge is 1.00 e. The van der Waals surface area contributed by atoms with Crippen molar-refractivity contribution in [3.05, 3.63) is 209 Å². The van der Waals surface area contributed by atoms with E-state index < -0.39 is 5.97 Å². The Hall–Kier alpha value is -7.60. The Kier molecular flexibility index (Phi) is 41.0. The number of hydrogen-bond acceptors (Lipinski definition) is 15. The number of nitrogens with zero attached hydrogens (tertiary/aromatic N) is 2. The van der Waals surface area contributed by atoms with E-state index in [1.807, 2.05) is 46.8 Å². The molecule has 4 aromatic rings. The van der Waals surface area contributed by atoms with Crippen molar-refractivity contribution in [1.29, 1.82) is 0 Å². The van der Waals surface area contributed by atoms with E-state index in [1.54, 1.807) is 12.8 Å². The van der Waals surface area contributed by atoms with E-state index in [1.165, 1.54) is 144 Å². The molecule has 0 spiro atoms. The Bertz CT molecular complexity index is 3590. The molecule has 10 bridgehead atoms. The van der Waals surface area contributed by atoms with Crippen LogP contribution in [0.5, 0.6) is 0 Å². The van der Waals surface area contributed by atoms with Gasteiger partial charge in [0.1, 0.15) is 0 Å². The van der Waals surface area contributed by atoms with Crippen molar-refractivity contribution >= 4 is 35.8 Å². The van der Waals surface area contributed by atoms with Crippen molar-refractivity contribution in [2.45, 2.75) is 227 Å². The standard InChI is InChI=1S/C26H33NO2.C15H16N.2C11H19NO2.C11H16O2.C11H14O2.C6H8.C5H6O2.Li/c1-3-29-26(28)24-22-14-16-23(17-15-22)25(24)27(18-20-10-6-4-7-11-20)19(2)21-12-8-5-9-13-21;1-13(15-10-6-3-7-11-15)16-12-14-8-4-2-5-9-14;2*1-2-14-11(13)9-7-3-5-8(6-4-7)10(9)12;2*1-2-13-11(12)10-7-8-3-5-9(10)6-4-8;1-2-4-6-5-3-1;1-3-5(6)7-4-2;/h4-13,19,22-25H,3,14-18H2,1-2H3;2-11,13H,12H2,1H3;2*7-10H,2-6,12H2,1H3;7-9H,2-6H2,1H3;3,5,7-9H,2,4,6H2,1H3;1-4H,5-6H2;1H,4H2,2H3;/q;-1;;;;;;;+1/t19-,22?,23?,24?,25?;13-;;;;;;;/m00......./s1. The topological polar surface area (TPSA) is 227 Å². The Morgan fingerprint density at radius 1 is 0.460 bits per heavy atom. The molecule has 16 nitrogen and oxygen atoms in total. The third-order valence-electron chi connectivity index (χ3n) is 24.6. The number of carbonyl (C=O) groups is 6. The molecule has 20 rings (SSSR count). The van der Waals surface area contributed by atoms with Crippen molar-refractivity contribution in [2.75, 3.05) is 39.6 Å². The van der Waals surface area contributed by atoms with E-state index >= 15 is 0 Å². The molecule has 10 fully saturated rings. The maximum atomic E-state index is 13.1. The minimum Gasteiger partial charge on any atom is -0.652 e. The number of benzene rings is 4. The van der Waals surface area contributed by atoms with Crippen molar-refractivity contribution in [1.82, 2.24) is 4.90 Å². The van der Waals surface area contributed by atoms with E-state index in [4.69, 9.17) is 35.2 Å². The van der Waals surface area contributed by atoms with Gasteiger partial charge >= 0.3 is 54.7 Å². The summed E-state index contributed by atoms with van der Waals surface area (Å²) in [5.74, 6) is 6.00. The Morgan fingerprint density at radius 3 is 1.26 bits per heavy atom. The van der Waals surface area contributed by atoms with E-state index in [0.29, 0.717) is 98.8 Å². The zero-order valence-electron chi connectivity index (χ0n) is 69.4. The van der Waals surface area contributed by atoms with Crippen LogP contribution < -0.4 is 30.3 Å². The van der Waals surface area contributed by atoms with Crippen LogP contribution >= 0.6 is 0 Å². The maximum Gasteiger partial charge on any atom is 1.00 e. The molecule has 4 N–H and O–H groups in total. The predicted molar refractivity (Wildman–Crippen MR) is 445 cm³/mol. The molecule has 17 heteroatoms. The summed E-state index contributed by atoms with van der Waals surface area (Å²) in [5.41, 5.74) is 19.2. The second-order valence-corrected chi connectivity index (χ2v) is 31.5. The minimum absolute atomic E-state index is 0. The molecule has 0 aromatic heterocycles. The fourth-order valence-electron chi connectivity index (χ4n) is 18.7. The average Bonchev–Trinajstić information content (AvgIpc) is 0.765. The minimum atomic E-state index is -0.595. The second-order valence-electron chi connectivity index (χ2n) is 31.5. The van der Waals surface area contributed by atoms with Gasteiger partial charge in [0.15, 0.2) is 0 Å². The summed E-state index contributed by atoms with van der Waals surface area (Å²) < 4.78 is 30.1. The normalized spacial score (nSPS) is 27.3. The monoisotopic (exact) mass is 1540 g/mol. The number of terminal acetylenes is 1. The summed E-state index contributed by atoms with van der Waals surface area (Å²) in [7, 11) is 0. The Balaban J connectivity index is 0.000000186. The van der Waals surface area contributed by atoms with Gasteiger partial charge in [-0.1, -0.05) is 188 Å². The van der Waals surface area contributed by atoms with Gasteiger partial charge in [0.05, 0.1) is 57.4 Å². The Labute approximate surface area is 688 Å². The first kappa shape index (κ1) is 92.6. The van der Waals surface area contributed by atoms with Crippen LogP contribution in [0.25, 0.3) is 5.32 Å². The molecule has 4 aromatic carbocycles. The Morgan fingerprint density at radius 2 is 0.876 bits per heavy atom. The van der Waals surface area contributed by atoms with Gasteiger partial charge in [0.25, 0.3) is 0 Å². The van der Waals surface area contributed by atoms with Gasteiger partial charge in [-0.3, -0.25) is 19.3 Å². The van der Waals surface area contributed by atoms with Crippen LogP contribution in [0.3, 0.4) is 0 Å². The van der Waals surface area contributed by atoms with Crippen LogP contribution in [0.4, 0.5) is 0 Å². The number of nitrogens with two attached hydrogens (primary N) is 2. The van der Waals surface area contributed by atoms with E-state index in [0.717, 1.165) is 30.7 Å². The van der Waals surface area contributed by atoms with Gasteiger partial charge in [-0.2, -0.15) is 0 Å². The molecule has 0 radical (unpaired) electrons. The molecule has 16 aliphatic rings. The fraction of sp³-hybridized carbons (Fsp3) is 0.562. The summed E-state index contributed by atoms with van der Waals surface area (Å²) >= 11 is 0. The molecule has 0 heterocycles. The third kappa shape index (κ3) is 28.1. The van der Waals surface area contributed by atoms with Crippen LogP contribution in [0, 0.1) is 89.3 Å². The van der Waals surface area contributed by atoms with Crippen LogP contribution in [-0.2, 0) is 70.3 Å². The predicted octanol–water partition coefficient (Wildman–Crippen LogP) is 16.0. The molecular formula is C96H131LiN4O12. The van der Waals surface area contributed by atoms with E-state index in [9.17, 15) is 28.8 Å². The van der Waals surface area contributed by atoms with E-state index in [-0.39, 0.29) is 96.7 Å². The van der Waals surface area contributed by atoms with Gasteiger partial charge < -0.3 is 45.2 Å². The molecule has 10 atom stereocenters. The van der Waals surface area contributed by atoms with E-state index in [2.05, 4.69) is 193 Å². The molecule has 608 valence electrons. The van der Waals surface area contributed by atoms with Crippen molar-refractivity contribution in [2.24, 2.45) is 88.4 Å². The number of allylic oxidation sites excluding steroid dienone is 8. The molecule has 16 aliphatic carbocycles. The zero-order chi connectivity index (χ0) is 80.2. The van der Waals surface area contributed by atoms with Gasteiger partial charge in [-0.25, -0.2) is 14.4 Å². The number of esters is 6. The zero-order valence-corrected chi connectivity index (χ0v) is 69.4. The number of fused-ring (bicyclic) bond motifs is 12. The summed E-state index contributed by atoms with van der Waals surface area (Å²) in [6, 6.07) is 43.0. The van der Waals surface area contributed by atoms with Crippen molar-refractivity contribution in [3.63, 3.8) is 0 Å². The second kappa shape index (κ2) is 50.0. The van der Waals surface area contributed by atoms with Gasteiger partial charge in [-0.05, 0) is 241 Å². The summed E-state index contributed by atoms with van der Waals surface area (Å²) in [5, 5.41) is 4.66. The molecule has 8 unspecified atom stereocenters. The average molecular weight is 1540 g/mol. The van der Waals surface area contributed by atoms with Gasteiger partial charge in [0.2, 0.25) is 0 Å². The maximum absolute atomic E-state index is 13.1. The van der Waals surface area contributed by atoms with Crippen LogP contribution in [0.1, 0.15) is 218 Å². The van der Waals surface area contributed by atoms with Crippen LogP contribution in [-0.4, -0.2) is 98.5 Å². The molecule has 0 amide bonds. The molecule has 0 saturated heterocycles. The number of hydrogen-bond donors (Lipinski definition) is 2. The fourth-order valence-corrected chi connectivity index (χ4v) is 18.7. The van der Waals surface area contributed by atoms with Gasteiger partial charge in [0, 0.05) is 53.7 Å². The molecule has 113 heavy (non-hydrogen) atoms.